The molecule has 1 amide bonds. The summed E-state index contributed by atoms with van der Waals surface area (Å²) in [5.74, 6) is -1.46. The minimum Gasteiger partial charge on any atom is -0.481 e. The summed E-state index contributed by atoms with van der Waals surface area (Å²) in [4.78, 5) is 24.1. The third-order valence-electron chi connectivity index (χ3n) is 3.05. The van der Waals surface area contributed by atoms with Crippen LogP contribution in [0.5, 0.6) is 0 Å². The molecular weight excluding hydrogens is 282 g/mol. The standard InChI is InChI=1S/C13H12ClN3O3/c14-11-3-10(2-1-8(11)4-15)16-12(18)7-17-5-9(6-17)13(19)20/h1-3,9H,5-7H2,(H,16,18)(H,19,20). The van der Waals surface area contributed by atoms with Crippen LogP contribution in [0, 0.1) is 17.2 Å². The number of nitriles is 1. The van der Waals surface area contributed by atoms with Crippen LogP contribution < -0.4 is 5.32 Å². The maximum absolute atomic E-state index is 11.7. The fourth-order valence-electron chi connectivity index (χ4n) is 1.94. The number of anilines is 1. The van der Waals surface area contributed by atoms with E-state index >= 15 is 0 Å². The number of nitrogens with one attached hydrogen (secondary N) is 1. The molecule has 20 heavy (non-hydrogen) atoms. The second-order valence-corrected chi connectivity index (χ2v) is 4.99. The summed E-state index contributed by atoms with van der Waals surface area (Å²) in [6.45, 7) is 0.912. The predicted molar refractivity (Wildman–Crippen MR) is 72.4 cm³/mol. The molecule has 0 spiro atoms. The molecule has 1 aliphatic heterocycles. The third-order valence-corrected chi connectivity index (χ3v) is 3.36. The molecule has 0 unspecified atom stereocenters. The molecule has 1 fully saturated rings. The van der Waals surface area contributed by atoms with Gasteiger partial charge in [0.05, 0.1) is 23.0 Å². The smallest absolute Gasteiger partial charge is 0.309 e. The fraction of sp³-hybridized carbons (Fsp3) is 0.308. The lowest BCUT2D eigenvalue weighted by Crippen LogP contribution is -2.52. The third kappa shape index (κ3) is 3.26. The molecule has 0 aliphatic carbocycles. The molecule has 104 valence electrons. The zero-order valence-corrected chi connectivity index (χ0v) is 11.2. The van der Waals surface area contributed by atoms with Crippen molar-refractivity contribution in [2.75, 3.05) is 25.0 Å². The van der Waals surface area contributed by atoms with E-state index in [0.29, 0.717) is 24.3 Å². The first-order chi connectivity index (χ1) is 9.49. The minimum absolute atomic E-state index is 0.140. The molecule has 6 nitrogen and oxygen atoms in total. The van der Waals surface area contributed by atoms with Gasteiger partial charge in [-0.15, -0.1) is 0 Å². The van der Waals surface area contributed by atoms with Gasteiger partial charge in [0.25, 0.3) is 0 Å². The van der Waals surface area contributed by atoms with Crippen LogP contribution >= 0.6 is 11.6 Å². The molecule has 0 bridgehead atoms. The van der Waals surface area contributed by atoms with E-state index in [2.05, 4.69) is 5.32 Å². The van der Waals surface area contributed by atoms with Crippen molar-refractivity contribution in [3.8, 4) is 6.07 Å². The zero-order valence-electron chi connectivity index (χ0n) is 10.5. The lowest BCUT2D eigenvalue weighted by Gasteiger charge is -2.35. The number of likely N-dealkylation sites (tertiary alicyclic amines) is 1. The molecular formula is C13H12ClN3O3. The fourth-order valence-corrected chi connectivity index (χ4v) is 2.17. The highest BCUT2D eigenvalue weighted by atomic mass is 35.5. The largest absolute Gasteiger partial charge is 0.481 e. The van der Waals surface area contributed by atoms with E-state index < -0.39 is 5.97 Å². The Balaban J connectivity index is 1.85. The molecule has 0 atom stereocenters. The first-order valence-corrected chi connectivity index (χ1v) is 6.32. The van der Waals surface area contributed by atoms with Crippen molar-refractivity contribution in [3.05, 3.63) is 28.8 Å². The number of halogens is 1. The van der Waals surface area contributed by atoms with Crippen LogP contribution in [-0.2, 0) is 9.59 Å². The number of carboxylic acid groups (broad SMARTS) is 1. The van der Waals surface area contributed by atoms with Crippen LogP contribution in [0.4, 0.5) is 5.69 Å². The van der Waals surface area contributed by atoms with E-state index in [1.807, 2.05) is 6.07 Å². The van der Waals surface area contributed by atoms with Gasteiger partial charge >= 0.3 is 5.97 Å². The Kier molecular flexibility index (Phi) is 4.23. The highest BCUT2D eigenvalue weighted by Crippen LogP contribution is 2.20. The van der Waals surface area contributed by atoms with E-state index in [1.54, 1.807) is 11.0 Å². The number of carbonyl (C=O) groups is 2. The highest BCUT2D eigenvalue weighted by Gasteiger charge is 2.33. The molecule has 1 heterocycles. The summed E-state index contributed by atoms with van der Waals surface area (Å²) in [6, 6.07) is 6.57. The molecule has 0 aromatic heterocycles. The van der Waals surface area contributed by atoms with Gasteiger partial charge in [0.2, 0.25) is 5.91 Å². The second kappa shape index (κ2) is 5.90. The molecule has 1 aromatic carbocycles. The van der Waals surface area contributed by atoms with Gasteiger partial charge in [-0.05, 0) is 18.2 Å². The van der Waals surface area contributed by atoms with Gasteiger partial charge in [-0.3, -0.25) is 14.5 Å². The van der Waals surface area contributed by atoms with Crippen molar-refractivity contribution < 1.29 is 14.7 Å². The number of carboxylic acids is 1. The molecule has 2 rings (SSSR count). The van der Waals surface area contributed by atoms with Gasteiger partial charge < -0.3 is 10.4 Å². The van der Waals surface area contributed by atoms with E-state index in [9.17, 15) is 9.59 Å². The summed E-state index contributed by atoms with van der Waals surface area (Å²) >= 11 is 5.86. The van der Waals surface area contributed by atoms with Crippen molar-refractivity contribution in [1.29, 1.82) is 5.26 Å². The first-order valence-electron chi connectivity index (χ1n) is 5.94. The summed E-state index contributed by atoms with van der Waals surface area (Å²) in [6.07, 6.45) is 0. The summed E-state index contributed by atoms with van der Waals surface area (Å²) in [5, 5.41) is 20.4. The number of amides is 1. The average Bonchev–Trinajstić information content (AvgIpc) is 2.33. The molecule has 7 heteroatoms. The molecule has 1 aromatic rings. The van der Waals surface area contributed by atoms with Gasteiger partial charge in [-0.25, -0.2) is 0 Å². The van der Waals surface area contributed by atoms with E-state index in [4.69, 9.17) is 22.0 Å². The maximum atomic E-state index is 11.7. The molecule has 2 N–H and O–H groups in total. The summed E-state index contributed by atoms with van der Waals surface area (Å²) in [5.41, 5.74) is 0.853. The lowest BCUT2D eigenvalue weighted by atomic mass is 10.0. The maximum Gasteiger partial charge on any atom is 0.309 e. The highest BCUT2D eigenvalue weighted by molar-refractivity contribution is 6.32. The Hall–Kier alpha value is -2.10. The number of benzene rings is 1. The number of aliphatic carboxylic acids is 1. The molecule has 1 aliphatic rings. The van der Waals surface area contributed by atoms with Gasteiger partial charge in [0, 0.05) is 18.8 Å². The van der Waals surface area contributed by atoms with Crippen molar-refractivity contribution in [2.24, 2.45) is 5.92 Å². The van der Waals surface area contributed by atoms with Crippen LogP contribution in [0.15, 0.2) is 18.2 Å². The zero-order chi connectivity index (χ0) is 14.7. The van der Waals surface area contributed by atoms with Crippen LogP contribution in [0.3, 0.4) is 0 Å². The van der Waals surface area contributed by atoms with E-state index in [0.717, 1.165) is 0 Å². The normalized spacial score (nSPS) is 15.2. The Bertz CT molecular complexity index is 591. The van der Waals surface area contributed by atoms with Crippen molar-refractivity contribution in [3.63, 3.8) is 0 Å². The monoisotopic (exact) mass is 293 g/mol. The quantitative estimate of drug-likeness (QED) is 0.869. The van der Waals surface area contributed by atoms with Crippen LogP contribution in [0.2, 0.25) is 5.02 Å². The van der Waals surface area contributed by atoms with Gasteiger partial charge in [-0.2, -0.15) is 5.26 Å². The average molecular weight is 294 g/mol. The Morgan fingerprint density at radius 3 is 2.75 bits per heavy atom. The van der Waals surface area contributed by atoms with Crippen molar-refractivity contribution in [2.45, 2.75) is 0 Å². The predicted octanol–water partition coefficient (Wildman–Crippen LogP) is 1.17. The number of nitrogens with zero attached hydrogens (tertiary/aromatic N) is 2. The molecule has 0 radical (unpaired) electrons. The number of rotatable bonds is 4. The number of carbonyl (C=O) groups excluding carboxylic acids is 1. The lowest BCUT2D eigenvalue weighted by molar-refractivity contribution is -0.148. The number of hydrogen-bond acceptors (Lipinski definition) is 4. The summed E-state index contributed by atoms with van der Waals surface area (Å²) < 4.78 is 0. The SMILES string of the molecule is N#Cc1ccc(NC(=O)CN2CC(C(=O)O)C2)cc1Cl. The molecule has 0 saturated carbocycles. The Morgan fingerprint density at radius 1 is 1.50 bits per heavy atom. The molecule has 1 saturated heterocycles. The van der Waals surface area contributed by atoms with E-state index in [1.165, 1.54) is 12.1 Å². The summed E-state index contributed by atoms with van der Waals surface area (Å²) in [7, 11) is 0. The van der Waals surface area contributed by atoms with Gasteiger partial charge in [0.1, 0.15) is 6.07 Å². The van der Waals surface area contributed by atoms with Crippen molar-refractivity contribution in [1.82, 2.24) is 4.90 Å². The first kappa shape index (κ1) is 14.3. The van der Waals surface area contributed by atoms with Gasteiger partial charge in [0.15, 0.2) is 0 Å². The van der Waals surface area contributed by atoms with Crippen LogP contribution in [0.25, 0.3) is 0 Å². The van der Waals surface area contributed by atoms with Crippen LogP contribution in [-0.4, -0.2) is 41.5 Å². The minimum atomic E-state index is -0.833. The van der Waals surface area contributed by atoms with E-state index in [-0.39, 0.29) is 23.4 Å². The second-order valence-electron chi connectivity index (χ2n) is 4.58. The van der Waals surface area contributed by atoms with Gasteiger partial charge in [-0.1, -0.05) is 11.6 Å². The Labute approximate surface area is 120 Å². The number of hydrogen-bond donors (Lipinski definition) is 2. The Morgan fingerprint density at radius 2 is 2.20 bits per heavy atom. The van der Waals surface area contributed by atoms with Crippen LogP contribution in [0.1, 0.15) is 5.56 Å². The van der Waals surface area contributed by atoms with Crippen molar-refractivity contribution >= 4 is 29.2 Å². The topological polar surface area (TPSA) is 93.4 Å².